The van der Waals surface area contributed by atoms with Crippen molar-refractivity contribution in [2.24, 2.45) is 0 Å². The molecule has 0 atom stereocenters. The summed E-state index contributed by atoms with van der Waals surface area (Å²) in [6.07, 6.45) is 6.01. The lowest BCUT2D eigenvalue weighted by Crippen LogP contribution is -2.14. The second-order valence-corrected chi connectivity index (χ2v) is 4.68. The highest BCUT2D eigenvalue weighted by atomic mass is 19.1. The molecule has 0 fully saturated rings. The van der Waals surface area contributed by atoms with Crippen LogP contribution in [0.15, 0.2) is 30.6 Å². The second kappa shape index (κ2) is 6.48. The van der Waals surface area contributed by atoms with E-state index in [1.54, 1.807) is 6.07 Å². The number of halogens is 1. The number of benzene rings is 1. The van der Waals surface area contributed by atoms with Gasteiger partial charge in [-0.25, -0.2) is 9.07 Å². The summed E-state index contributed by atoms with van der Waals surface area (Å²) >= 11 is 0. The highest BCUT2D eigenvalue weighted by Gasteiger charge is 2.05. The number of nitrogens with one attached hydrogen (secondary N) is 1. The van der Waals surface area contributed by atoms with Crippen LogP contribution in [-0.4, -0.2) is 22.9 Å². The normalized spacial score (nSPS) is 10.9. The molecule has 0 radical (unpaired) electrons. The Hall–Kier alpha value is -1.68. The molecule has 102 valence electrons. The van der Waals surface area contributed by atoms with E-state index >= 15 is 0 Å². The Kier molecular flexibility index (Phi) is 4.68. The molecule has 1 heterocycles. The number of hydrogen-bond acceptors (Lipinski definition) is 2. The van der Waals surface area contributed by atoms with Crippen molar-refractivity contribution in [3.05, 3.63) is 47.5 Å². The van der Waals surface area contributed by atoms with Crippen LogP contribution in [0.1, 0.15) is 24.5 Å². The first-order chi connectivity index (χ1) is 9.20. The Morgan fingerprint density at radius 1 is 1.37 bits per heavy atom. The van der Waals surface area contributed by atoms with E-state index in [1.165, 1.54) is 17.7 Å². The quantitative estimate of drug-likeness (QED) is 0.810. The zero-order chi connectivity index (χ0) is 13.7. The molecule has 0 unspecified atom stereocenters. The number of aromatic nitrogens is 2. The average Bonchev–Trinajstić information content (AvgIpc) is 2.83. The standard InChI is InChI=1S/C15H20FN3/c1-3-17-8-4-5-13-10-18-19(11-13)15-7-6-14(16)9-12(15)2/h6-7,9-11,17H,3-5,8H2,1-2H3. The average molecular weight is 261 g/mol. The van der Waals surface area contributed by atoms with Gasteiger partial charge in [-0.2, -0.15) is 5.10 Å². The van der Waals surface area contributed by atoms with E-state index in [9.17, 15) is 4.39 Å². The van der Waals surface area contributed by atoms with Crippen molar-refractivity contribution in [1.29, 1.82) is 0 Å². The van der Waals surface area contributed by atoms with Crippen LogP contribution < -0.4 is 5.32 Å². The van der Waals surface area contributed by atoms with Gasteiger partial charge in [0.25, 0.3) is 0 Å². The third-order valence-electron chi connectivity index (χ3n) is 3.11. The van der Waals surface area contributed by atoms with E-state index in [4.69, 9.17) is 0 Å². The minimum absolute atomic E-state index is 0.209. The van der Waals surface area contributed by atoms with Crippen LogP contribution in [-0.2, 0) is 6.42 Å². The van der Waals surface area contributed by atoms with Gasteiger partial charge in [0.15, 0.2) is 0 Å². The largest absolute Gasteiger partial charge is 0.317 e. The van der Waals surface area contributed by atoms with E-state index in [0.29, 0.717) is 0 Å². The van der Waals surface area contributed by atoms with Gasteiger partial charge in [0, 0.05) is 6.20 Å². The molecule has 19 heavy (non-hydrogen) atoms. The van der Waals surface area contributed by atoms with Crippen LogP contribution in [0, 0.1) is 12.7 Å². The van der Waals surface area contributed by atoms with Crippen LogP contribution in [0.4, 0.5) is 4.39 Å². The maximum Gasteiger partial charge on any atom is 0.123 e. The van der Waals surface area contributed by atoms with Crippen molar-refractivity contribution in [1.82, 2.24) is 15.1 Å². The first-order valence-corrected chi connectivity index (χ1v) is 6.71. The van der Waals surface area contributed by atoms with E-state index in [-0.39, 0.29) is 5.82 Å². The van der Waals surface area contributed by atoms with Gasteiger partial charge >= 0.3 is 0 Å². The predicted molar refractivity (Wildman–Crippen MR) is 75.1 cm³/mol. The topological polar surface area (TPSA) is 29.9 Å². The van der Waals surface area contributed by atoms with Crippen LogP contribution in [0.3, 0.4) is 0 Å². The number of nitrogens with zero attached hydrogens (tertiary/aromatic N) is 2. The highest BCUT2D eigenvalue weighted by Crippen LogP contribution is 2.15. The monoisotopic (exact) mass is 261 g/mol. The molecule has 4 heteroatoms. The fraction of sp³-hybridized carbons (Fsp3) is 0.400. The van der Waals surface area contributed by atoms with Crippen molar-refractivity contribution >= 4 is 0 Å². The van der Waals surface area contributed by atoms with Crippen LogP contribution >= 0.6 is 0 Å². The molecule has 0 aliphatic carbocycles. The van der Waals surface area contributed by atoms with Crippen molar-refractivity contribution in [2.45, 2.75) is 26.7 Å². The minimum Gasteiger partial charge on any atom is -0.317 e. The summed E-state index contributed by atoms with van der Waals surface area (Å²) in [5.41, 5.74) is 3.03. The third kappa shape index (κ3) is 3.64. The van der Waals surface area contributed by atoms with Gasteiger partial charge < -0.3 is 5.32 Å². The summed E-state index contributed by atoms with van der Waals surface area (Å²) in [4.78, 5) is 0. The van der Waals surface area contributed by atoms with Crippen LogP contribution in [0.25, 0.3) is 5.69 Å². The molecular weight excluding hydrogens is 241 g/mol. The number of hydrogen-bond donors (Lipinski definition) is 1. The molecule has 0 spiro atoms. The smallest absolute Gasteiger partial charge is 0.123 e. The van der Waals surface area contributed by atoms with Crippen molar-refractivity contribution in [3.8, 4) is 5.69 Å². The molecule has 2 rings (SSSR count). The molecule has 0 aliphatic rings. The van der Waals surface area contributed by atoms with Crippen molar-refractivity contribution < 1.29 is 4.39 Å². The fourth-order valence-corrected chi connectivity index (χ4v) is 2.09. The second-order valence-electron chi connectivity index (χ2n) is 4.68. The Balaban J connectivity index is 2.04. The van der Waals surface area contributed by atoms with E-state index in [0.717, 1.165) is 37.2 Å². The van der Waals surface area contributed by atoms with Gasteiger partial charge in [0.1, 0.15) is 5.82 Å². The first-order valence-electron chi connectivity index (χ1n) is 6.71. The molecule has 1 aromatic carbocycles. The van der Waals surface area contributed by atoms with Gasteiger partial charge in [0.05, 0.1) is 11.9 Å². The van der Waals surface area contributed by atoms with Crippen LogP contribution in [0.2, 0.25) is 0 Å². The summed E-state index contributed by atoms with van der Waals surface area (Å²) < 4.78 is 14.9. The summed E-state index contributed by atoms with van der Waals surface area (Å²) in [5.74, 6) is -0.209. The Labute approximate surface area is 113 Å². The molecular formula is C15H20FN3. The number of aryl methyl sites for hydroxylation is 2. The summed E-state index contributed by atoms with van der Waals surface area (Å²) in [6.45, 7) is 6.03. The van der Waals surface area contributed by atoms with Gasteiger partial charge in [-0.05, 0) is 62.2 Å². The van der Waals surface area contributed by atoms with Gasteiger partial charge in [-0.15, -0.1) is 0 Å². The van der Waals surface area contributed by atoms with Crippen LogP contribution in [0.5, 0.6) is 0 Å². The maximum atomic E-state index is 13.1. The molecule has 0 saturated carbocycles. The Bertz CT molecular complexity index is 534. The summed E-state index contributed by atoms with van der Waals surface area (Å²) in [7, 11) is 0. The van der Waals surface area contributed by atoms with Gasteiger partial charge in [-0.1, -0.05) is 6.92 Å². The first kappa shape index (κ1) is 13.7. The van der Waals surface area contributed by atoms with E-state index in [2.05, 4.69) is 17.3 Å². The lowest BCUT2D eigenvalue weighted by molar-refractivity contribution is 0.625. The van der Waals surface area contributed by atoms with Gasteiger partial charge in [0.2, 0.25) is 0 Å². The molecule has 0 aliphatic heterocycles. The molecule has 0 saturated heterocycles. The van der Waals surface area contributed by atoms with Crippen molar-refractivity contribution in [3.63, 3.8) is 0 Å². The lowest BCUT2D eigenvalue weighted by Gasteiger charge is -2.05. The maximum absolute atomic E-state index is 13.1. The fourth-order valence-electron chi connectivity index (χ4n) is 2.09. The molecule has 3 nitrogen and oxygen atoms in total. The molecule has 1 N–H and O–H groups in total. The molecule has 0 bridgehead atoms. The summed E-state index contributed by atoms with van der Waals surface area (Å²) in [6, 6.07) is 4.76. The number of rotatable bonds is 6. The van der Waals surface area contributed by atoms with E-state index in [1.807, 2.05) is 24.0 Å². The molecule has 0 amide bonds. The lowest BCUT2D eigenvalue weighted by atomic mass is 10.2. The minimum atomic E-state index is -0.209. The van der Waals surface area contributed by atoms with Gasteiger partial charge in [-0.3, -0.25) is 0 Å². The SMILES string of the molecule is CCNCCCc1cnn(-c2ccc(F)cc2C)c1. The Morgan fingerprint density at radius 2 is 2.21 bits per heavy atom. The molecule has 2 aromatic rings. The molecule has 1 aromatic heterocycles. The van der Waals surface area contributed by atoms with Crippen molar-refractivity contribution in [2.75, 3.05) is 13.1 Å². The van der Waals surface area contributed by atoms with E-state index < -0.39 is 0 Å². The predicted octanol–water partition coefficient (Wildman–Crippen LogP) is 2.86. The highest BCUT2D eigenvalue weighted by molar-refractivity contribution is 5.40. The zero-order valence-electron chi connectivity index (χ0n) is 11.5. The zero-order valence-corrected chi connectivity index (χ0v) is 11.5. The Morgan fingerprint density at radius 3 is 2.95 bits per heavy atom. The summed E-state index contributed by atoms with van der Waals surface area (Å²) in [5, 5.41) is 7.65. The third-order valence-corrected chi connectivity index (χ3v) is 3.11.